The third kappa shape index (κ3) is 4.20. The molecule has 0 aliphatic carbocycles. The van der Waals surface area contributed by atoms with Crippen molar-refractivity contribution in [2.75, 3.05) is 27.4 Å². The van der Waals surface area contributed by atoms with E-state index in [0.29, 0.717) is 17.7 Å². The fraction of sp³-hybridized carbons (Fsp3) is 0.316. The first-order valence-electron chi connectivity index (χ1n) is 7.68. The van der Waals surface area contributed by atoms with Crippen molar-refractivity contribution in [2.24, 2.45) is 0 Å². The maximum absolute atomic E-state index is 12.9. The van der Waals surface area contributed by atoms with E-state index in [1.807, 2.05) is 30.3 Å². The summed E-state index contributed by atoms with van der Waals surface area (Å²) < 4.78 is 16.2. The Kier molecular flexibility index (Phi) is 6.49. The Hall–Kier alpha value is -2.21. The van der Waals surface area contributed by atoms with Crippen molar-refractivity contribution in [1.82, 2.24) is 0 Å². The lowest BCUT2D eigenvalue weighted by molar-refractivity contribution is -0.167. The molecule has 24 heavy (non-hydrogen) atoms. The molecular weight excluding hydrogens is 308 g/mol. The number of aliphatic hydroxyl groups is 1. The summed E-state index contributed by atoms with van der Waals surface area (Å²) in [5, 5.41) is 8.77. The van der Waals surface area contributed by atoms with Crippen LogP contribution in [0.15, 0.2) is 54.6 Å². The molecule has 0 heterocycles. The third-order valence-electron chi connectivity index (χ3n) is 3.76. The Balaban J connectivity index is 2.21. The zero-order chi connectivity index (χ0) is 17.4. The van der Waals surface area contributed by atoms with E-state index in [1.54, 1.807) is 24.3 Å². The smallest absolute Gasteiger partial charge is 0.237 e. The lowest BCUT2D eigenvalue weighted by Gasteiger charge is -2.29. The van der Waals surface area contributed by atoms with Gasteiger partial charge in [-0.1, -0.05) is 30.3 Å². The van der Waals surface area contributed by atoms with E-state index in [0.717, 1.165) is 5.56 Å². The van der Waals surface area contributed by atoms with Crippen molar-refractivity contribution in [1.29, 1.82) is 0 Å². The highest BCUT2D eigenvalue weighted by atomic mass is 16.7. The Labute approximate surface area is 141 Å². The number of rotatable bonds is 9. The average Bonchev–Trinajstić information content (AvgIpc) is 2.65. The largest absolute Gasteiger partial charge is 0.491 e. The molecule has 2 aromatic rings. The molecule has 0 fully saturated rings. The van der Waals surface area contributed by atoms with E-state index < -0.39 is 5.79 Å². The highest BCUT2D eigenvalue weighted by molar-refractivity contribution is 6.01. The maximum Gasteiger partial charge on any atom is 0.237 e. The molecule has 0 unspecified atom stereocenters. The molecular formula is C19H22O5. The highest BCUT2D eigenvalue weighted by Gasteiger charge is 2.39. The topological polar surface area (TPSA) is 65.0 Å². The molecule has 0 atom stereocenters. The second-order valence-electron chi connectivity index (χ2n) is 5.25. The van der Waals surface area contributed by atoms with Gasteiger partial charge in [0.05, 0.1) is 6.61 Å². The molecule has 0 aromatic heterocycles. The monoisotopic (exact) mass is 330 g/mol. The predicted octanol–water partition coefficient (Wildman–Crippen LogP) is 2.47. The molecule has 2 aromatic carbocycles. The number of methoxy groups -OCH3 is 2. The molecule has 1 N–H and O–H groups in total. The summed E-state index contributed by atoms with van der Waals surface area (Å²) in [6.07, 6.45) is 0.308. The van der Waals surface area contributed by atoms with Gasteiger partial charge in [-0.25, -0.2) is 0 Å². The summed E-state index contributed by atoms with van der Waals surface area (Å²) in [7, 11) is 2.92. The Morgan fingerprint density at radius 2 is 1.62 bits per heavy atom. The van der Waals surface area contributed by atoms with Gasteiger partial charge in [0, 0.05) is 26.2 Å². The van der Waals surface area contributed by atoms with Crippen LogP contribution >= 0.6 is 0 Å². The molecule has 0 saturated heterocycles. The molecule has 5 heteroatoms. The van der Waals surface area contributed by atoms with E-state index in [2.05, 4.69) is 0 Å². The van der Waals surface area contributed by atoms with Crippen molar-refractivity contribution >= 4 is 5.78 Å². The first-order valence-corrected chi connectivity index (χ1v) is 7.68. The maximum atomic E-state index is 12.9. The molecule has 5 nitrogen and oxygen atoms in total. The number of ketones is 1. The first-order chi connectivity index (χ1) is 11.6. The van der Waals surface area contributed by atoms with E-state index >= 15 is 0 Å². The van der Waals surface area contributed by atoms with Crippen molar-refractivity contribution < 1.29 is 24.1 Å². The fourth-order valence-corrected chi connectivity index (χ4v) is 2.44. The van der Waals surface area contributed by atoms with Crippen LogP contribution in [0, 0.1) is 0 Å². The number of benzene rings is 2. The standard InChI is InChI=1S/C19H22O5/c1-22-19(23-2,14-15-6-4-3-5-7-15)18(21)16-8-10-17(11-9-16)24-13-12-20/h3-11,20H,12-14H2,1-2H3. The first kappa shape index (κ1) is 18.1. The summed E-state index contributed by atoms with van der Waals surface area (Å²) in [5.41, 5.74) is 1.41. The zero-order valence-corrected chi connectivity index (χ0v) is 13.9. The van der Waals surface area contributed by atoms with Crippen LogP contribution in [0.2, 0.25) is 0 Å². The minimum Gasteiger partial charge on any atom is -0.491 e. The predicted molar refractivity (Wildman–Crippen MR) is 90.2 cm³/mol. The van der Waals surface area contributed by atoms with Crippen LogP contribution in [-0.4, -0.2) is 44.1 Å². The molecule has 2 rings (SSSR count). The summed E-state index contributed by atoms with van der Waals surface area (Å²) in [5.74, 6) is -1.05. The number of hydrogen-bond donors (Lipinski definition) is 1. The van der Waals surface area contributed by atoms with Gasteiger partial charge in [0.25, 0.3) is 0 Å². The van der Waals surface area contributed by atoms with Gasteiger partial charge in [-0.15, -0.1) is 0 Å². The van der Waals surface area contributed by atoms with Gasteiger partial charge in [0.15, 0.2) is 0 Å². The second-order valence-corrected chi connectivity index (χ2v) is 5.25. The van der Waals surface area contributed by atoms with Crippen LogP contribution < -0.4 is 4.74 Å². The quantitative estimate of drug-likeness (QED) is 0.565. The van der Waals surface area contributed by atoms with Crippen molar-refractivity contribution in [3.05, 3.63) is 65.7 Å². The van der Waals surface area contributed by atoms with Crippen LogP contribution in [0.5, 0.6) is 5.75 Å². The highest BCUT2D eigenvalue weighted by Crippen LogP contribution is 2.25. The van der Waals surface area contributed by atoms with Gasteiger partial charge in [-0.2, -0.15) is 0 Å². The number of carbonyl (C=O) groups excluding carboxylic acids is 1. The second kappa shape index (κ2) is 8.59. The van der Waals surface area contributed by atoms with Gasteiger partial charge < -0.3 is 19.3 Å². The van der Waals surface area contributed by atoms with Crippen LogP contribution in [0.25, 0.3) is 0 Å². The summed E-state index contributed by atoms with van der Waals surface area (Å²) in [4.78, 5) is 12.9. The third-order valence-corrected chi connectivity index (χ3v) is 3.76. The molecule has 0 amide bonds. The normalized spacial score (nSPS) is 11.3. The SMILES string of the molecule is COC(Cc1ccccc1)(OC)C(=O)c1ccc(OCCO)cc1. The van der Waals surface area contributed by atoms with Gasteiger partial charge in [-0.3, -0.25) is 4.79 Å². The number of aliphatic hydroxyl groups excluding tert-OH is 1. The molecule has 0 aliphatic rings. The van der Waals surface area contributed by atoms with Crippen molar-refractivity contribution in [2.45, 2.75) is 12.2 Å². The van der Waals surface area contributed by atoms with Crippen LogP contribution in [0.1, 0.15) is 15.9 Å². The van der Waals surface area contributed by atoms with E-state index in [9.17, 15) is 4.79 Å². The number of carbonyl (C=O) groups is 1. The molecule has 0 spiro atoms. The Morgan fingerprint density at radius 3 is 2.17 bits per heavy atom. The fourth-order valence-electron chi connectivity index (χ4n) is 2.44. The average molecular weight is 330 g/mol. The summed E-state index contributed by atoms with van der Waals surface area (Å²) in [6.45, 7) is 0.148. The van der Waals surface area contributed by atoms with Gasteiger partial charge in [-0.05, 0) is 29.8 Å². The van der Waals surface area contributed by atoms with E-state index in [4.69, 9.17) is 19.3 Å². The Morgan fingerprint density at radius 1 is 1.00 bits per heavy atom. The number of hydrogen-bond acceptors (Lipinski definition) is 5. The lowest BCUT2D eigenvalue weighted by atomic mass is 9.96. The van der Waals surface area contributed by atoms with Crippen molar-refractivity contribution in [3.63, 3.8) is 0 Å². The molecule has 0 bridgehead atoms. The van der Waals surface area contributed by atoms with Gasteiger partial charge >= 0.3 is 0 Å². The van der Waals surface area contributed by atoms with Crippen LogP contribution in [-0.2, 0) is 15.9 Å². The van der Waals surface area contributed by atoms with Gasteiger partial charge in [0.2, 0.25) is 11.6 Å². The number of ether oxygens (including phenoxy) is 3. The minimum atomic E-state index is -1.38. The summed E-state index contributed by atoms with van der Waals surface area (Å²) >= 11 is 0. The minimum absolute atomic E-state index is 0.0613. The summed E-state index contributed by atoms with van der Waals surface area (Å²) in [6, 6.07) is 16.3. The van der Waals surface area contributed by atoms with Crippen LogP contribution in [0.3, 0.4) is 0 Å². The number of Topliss-reactive ketones (excluding diaryl/α,β-unsaturated/α-hetero) is 1. The molecule has 0 radical (unpaired) electrons. The Bertz CT molecular complexity index is 633. The lowest BCUT2D eigenvalue weighted by Crippen LogP contribution is -2.45. The van der Waals surface area contributed by atoms with Crippen LogP contribution in [0.4, 0.5) is 0 Å². The van der Waals surface area contributed by atoms with E-state index in [1.165, 1.54) is 14.2 Å². The van der Waals surface area contributed by atoms with Gasteiger partial charge in [0.1, 0.15) is 12.4 Å². The zero-order valence-electron chi connectivity index (χ0n) is 13.9. The molecule has 0 saturated carbocycles. The van der Waals surface area contributed by atoms with E-state index in [-0.39, 0.29) is 19.0 Å². The molecule has 0 aliphatic heterocycles. The van der Waals surface area contributed by atoms with Crippen molar-refractivity contribution in [3.8, 4) is 5.75 Å². The molecule has 128 valence electrons.